The second kappa shape index (κ2) is 14.3. The van der Waals surface area contributed by atoms with Gasteiger partial charge in [-0.05, 0) is 69.8 Å². The van der Waals surface area contributed by atoms with Gasteiger partial charge >= 0.3 is 0 Å². The van der Waals surface area contributed by atoms with Crippen LogP contribution in [0.4, 0.5) is 5.82 Å². The van der Waals surface area contributed by atoms with Crippen molar-refractivity contribution < 1.29 is 9.53 Å². The fraction of sp³-hybridized carbons (Fsp3) is 0.455. The number of carbonyl (C=O) groups is 1. The van der Waals surface area contributed by atoms with Gasteiger partial charge in [-0.15, -0.1) is 0 Å². The first-order chi connectivity index (χ1) is 20.9. The molecule has 4 heterocycles. The van der Waals surface area contributed by atoms with Gasteiger partial charge in [-0.2, -0.15) is 5.10 Å². The molecule has 0 radical (unpaired) electrons. The van der Waals surface area contributed by atoms with Crippen LogP contribution >= 0.6 is 0 Å². The van der Waals surface area contributed by atoms with E-state index in [0.717, 1.165) is 86.1 Å². The van der Waals surface area contributed by atoms with E-state index in [1.54, 1.807) is 6.20 Å². The molecule has 0 atom stereocenters. The molecule has 1 aliphatic rings. The molecule has 1 aromatic carbocycles. The van der Waals surface area contributed by atoms with Crippen LogP contribution in [-0.2, 0) is 31.4 Å². The van der Waals surface area contributed by atoms with E-state index in [1.165, 1.54) is 5.56 Å². The number of hydrogen-bond acceptors (Lipinski definition) is 7. The number of aryl methyl sites for hydroxylation is 2. The molecule has 2 N–H and O–H groups in total. The van der Waals surface area contributed by atoms with Crippen LogP contribution < -0.4 is 10.5 Å². The summed E-state index contributed by atoms with van der Waals surface area (Å²) < 4.78 is 10.2. The van der Waals surface area contributed by atoms with Crippen molar-refractivity contribution in [2.24, 2.45) is 7.05 Å². The summed E-state index contributed by atoms with van der Waals surface area (Å²) in [7, 11) is 1.95. The summed E-state index contributed by atoms with van der Waals surface area (Å²) in [5.41, 5.74) is 11.6. The normalized spacial score (nSPS) is 15.5. The molecule has 0 fully saturated rings. The topological polar surface area (TPSA) is 107 Å². The quantitative estimate of drug-likeness (QED) is 0.370. The highest BCUT2D eigenvalue weighted by molar-refractivity contribution is 5.76. The van der Waals surface area contributed by atoms with Crippen molar-refractivity contribution >= 4 is 11.7 Å². The van der Waals surface area contributed by atoms with Crippen LogP contribution in [0.2, 0.25) is 0 Å². The van der Waals surface area contributed by atoms with Crippen LogP contribution in [0.5, 0.6) is 5.75 Å². The number of carbonyl (C=O) groups excluding carboxylic acids is 1. The van der Waals surface area contributed by atoms with E-state index in [-0.39, 0.29) is 5.91 Å². The predicted octanol–water partition coefficient (Wildman–Crippen LogP) is 4.40. The molecule has 2 bridgehead atoms. The molecule has 4 aromatic rings. The molecular formula is C33H44N8O2. The van der Waals surface area contributed by atoms with E-state index in [4.69, 9.17) is 10.5 Å². The number of nitrogens with two attached hydrogens (primary N) is 1. The van der Waals surface area contributed by atoms with Gasteiger partial charge in [0.15, 0.2) is 0 Å². The monoisotopic (exact) mass is 584 g/mol. The first-order valence-corrected chi connectivity index (χ1v) is 15.3. The number of rotatable bonds is 5. The van der Waals surface area contributed by atoms with Crippen molar-refractivity contribution in [3.63, 3.8) is 0 Å². The Morgan fingerprint density at radius 1 is 0.977 bits per heavy atom. The number of fused-ring (bicyclic) bond motifs is 4. The third-order valence-electron chi connectivity index (χ3n) is 8.38. The standard InChI is InChI=1S/C33H44N8O2/c1-25-30(26(2)38(3)37-25)12-13-31(42)40-17-5-4-16-39(24-28-10-7-14-35-32(28)34)20-21-41-19-15-36-33(41)27-9-6-11-29(23-27)43-22-8-18-40/h6-7,9-11,14-15,19,23H,4-5,8,12-13,16-18,20-22,24H2,1-3H3,(H2,34,35). The Labute approximate surface area is 254 Å². The smallest absolute Gasteiger partial charge is 0.222 e. The average molecular weight is 585 g/mol. The lowest BCUT2D eigenvalue weighted by molar-refractivity contribution is -0.131. The van der Waals surface area contributed by atoms with Gasteiger partial charge in [0.2, 0.25) is 5.91 Å². The van der Waals surface area contributed by atoms with Gasteiger partial charge in [0.1, 0.15) is 17.4 Å². The predicted molar refractivity (Wildman–Crippen MR) is 169 cm³/mol. The van der Waals surface area contributed by atoms with Gasteiger partial charge in [-0.3, -0.25) is 14.4 Å². The van der Waals surface area contributed by atoms with E-state index in [1.807, 2.05) is 66.3 Å². The van der Waals surface area contributed by atoms with Crippen molar-refractivity contribution in [3.05, 3.63) is 77.5 Å². The minimum atomic E-state index is 0.188. The molecule has 0 aliphatic carbocycles. The number of pyridine rings is 1. The summed E-state index contributed by atoms with van der Waals surface area (Å²) in [4.78, 5) is 26.9. The van der Waals surface area contributed by atoms with Gasteiger partial charge in [0.25, 0.3) is 0 Å². The molecule has 0 unspecified atom stereocenters. The molecule has 10 heteroatoms. The van der Waals surface area contributed by atoms with Crippen molar-refractivity contribution in [1.82, 2.24) is 34.1 Å². The number of aromatic nitrogens is 5. The summed E-state index contributed by atoms with van der Waals surface area (Å²) in [6.45, 7) is 9.27. The van der Waals surface area contributed by atoms with Crippen LogP contribution in [0.1, 0.15) is 48.2 Å². The second-order valence-corrected chi connectivity index (χ2v) is 11.4. The van der Waals surface area contributed by atoms with E-state index >= 15 is 0 Å². The Kier molecular flexibility index (Phi) is 10.1. The van der Waals surface area contributed by atoms with Gasteiger partial charge < -0.3 is 19.9 Å². The van der Waals surface area contributed by atoms with Crippen molar-refractivity contribution in [2.45, 2.75) is 59.0 Å². The van der Waals surface area contributed by atoms with Crippen molar-refractivity contribution in [2.75, 3.05) is 38.5 Å². The first-order valence-electron chi connectivity index (χ1n) is 15.3. The summed E-state index contributed by atoms with van der Waals surface area (Å²) in [6.07, 6.45) is 9.47. The Morgan fingerprint density at radius 3 is 2.63 bits per heavy atom. The molecule has 5 rings (SSSR count). The van der Waals surface area contributed by atoms with Gasteiger partial charge in [-0.25, -0.2) is 9.97 Å². The van der Waals surface area contributed by atoms with E-state index in [2.05, 4.69) is 37.5 Å². The Hall–Kier alpha value is -4.18. The summed E-state index contributed by atoms with van der Waals surface area (Å²) in [5.74, 6) is 2.49. The molecule has 0 saturated heterocycles. The number of nitrogen functional groups attached to an aromatic ring is 1. The summed E-state index contributed by atoms with van der Waals surface area (Å²) >= 11 is 0. The zero-order valence-corrected chi connectivity index (χ0v) is 25.7. The molecule has 3 aromatic heterocycles. The van der Waals surface area contributed by atoms with Crippen LogP contribution in [0.15, 0.2) is 55.0 Å². The maximum atomic E-state index is 13.5. The number of hydrogen-bond donors (Lipinski definition) is 1. The SMILES string of the molecule is Cc1nn(C)c(C)c1CCC(=O)N1CCCCN(Cc2cccnc2N)CCn2ccnc2-c2cccc(c2)OCCC1. The zero-order chi connectivity index (χ0) is 30.2. The highest BCUT2D eigenvalue weighted by Gasteiger charge is 2.18. The molecular weight excluding hydrogens is 540 g/mol. The van der Waals surface area contributed by atoms with Crippen LogP contribution in [0.25, 0.3) is 11.4 Å². The number of anilines is 1. The Balaban J connectivity index is 1.31. The fourth-order valence-electron chi connectivity index (χ4n) is 5.83. The highest BCUT2D eigenvalue weighted by atomic mass is 16.5. The van der Waals surface area contributed by atoms with Crippen LogP contribution in [0.3, 0.4) is 0 Å². The van der Waals surface area contributed by atoms with Gasteiger partial charge in [0.05, 0.1) is 12.3 Å². The molecule has 10 nitrogen and oxygen atoms in total. The first kappa shape index (κ1) is 30.3. The lowest BCUT2D eigenvalue weighted by atomic mass is 10.1. The molecule has 1 amide bonds. The highest BCUT2D eigenvalue weighted by Crippen LogP contribution is 2.24. The number of amides is 1. The maximum absolute atomic E-state index is 13.5. The van der Waals surface area contributed by atoms with Crippen molar-refractivity contribution in [1.29, 1.82) is 0 Å². The Bertz CT molecular complexity index is 1510. The Morgan fingerprint density at radius 2 is 1.81 bits per heavy atom. The number of nitrogens with zero attached hydrogens (tertiary/aromatic N) is 7. The average Bonchev–Trinajstić information content (AvgIpc) is 3.57. The summed E-state index contributed by atoms with van der Waals surface area (Å²) in [6, 6.07) is 12.1. The number of imidazole rings is 1. The molecule has 43 heavy (non-hydrogen) atoms. The van der Waals surface area contributed by atoms with Crippen molar-refractivity contribution in [3.8, 4) is 17.1 Å². The van der Waals surface area contributed by atoms with Crippen LogP contribution in [0, 0.1) is 13.8 Å². The second-order valence-electron chi connectivity index (χ2n) is 11.4. The molecule has 0 saturated carbocycles. The number of ether oxygens (including phenoxy) is 1. The van der Waals surface area contributed by atoms with Gasteiger partial charge in [-0.1, -0.05) is 18.2 Å². The molecule has 0 spiro atoms. The fourth-order valence-corrected chi connectivity index (χ4v) is 5.83. The van der Waals surface area contributed by atoms with E-state index < -0.39 is 0 Å². The lowest BCUT2D eigenvalue weighted by Crippen LogP contribution is -2.34. The number of benzene rings is 1. The lowest BCUT2D eigenvalue weighted by Gasteiger charge is -2.25. The molecule has 228 valence electrons. The zero-order valence-electron chi connectivity index (χ0n) is 25.7. The van der Waals surface area contributed by atoms with E-state index in [9.17, 15) is 4.79 Å². The molecule has 1 aliphatic heterocycles. The largest absolute Gasteiger partial charge is 0.494 e. The summed E-state index contributed by atoms with van der Waals surface area (Å²) in [5, 5.41) is 4.52. The maximum Gasteiger partial charge on any atom is 0.222 e. The van der Waals surface area contributed by atoms with Crippen LogP contribution in [-0.4, -0.2) is 72.8 Å². The minimum absolute atomic E-state index is 0.188. The van der Waals surface area contributed by atoms with E-state index in [0.29, 0.717) is 31.8 Å². The minimum Gasteiger partial charge on any atom is -0.494 e. The third kappa shape index (κ3) is 7.81. The third-order valence-corrected chi connectivity index (χ3v) is 8.38. The van der Waals surface area contributed by atoms with Gasteiger partial charge in [0, 0.05) is 81.6 Å².